The van der Waals surface area contributed by atoms with E-state index in [9.17, 15) is 4.79 Å². The van der Waals surface area contributed by atoms with Gasteiger partial charge in [0.2, 0.25) is 0 Å². The first-order valence-electron chi connectivity index (χ1n) is 5.80. The predicted molar refractivity (Wildman–Crippen MR) is 76.4 cm³/mol. The number of aromatic nitrogens is 2. The summed E-state index contributed by atoms with van der Waals surface area (Å²) < 4.78 is 6.11. The Balaban J connectivity index is 2.18. The van der Waals surface area contributed by atoms with Crippen molar-refractivity contribution in [1.82, 2.24) is 9.97 Å². The first kappa shape index (κ1) is 12.8. The van der Waals surface area contributed by atoms with Gasteiger partial charge in [0.05, 0.1) is 24.5 Å². The molecule has 0 amide bonds. The Morgan fingerprint density at radius 3 is 3.11 bits per heavy atom. The Hall–Kier alpha value is -1.17. The number of benzene rings is 1. The van der Waals surface area contributed by atoms with Crippen LogP contribution in [-0.2, 0) is 17.8 Å². The zero-order valence-corrected chi connectivity index (χ0v) is 12.2. The van der Waals surface area contributed by atoms with E-state index in [1.54, 1.807) is 12.1 Å². The number of hydrogen-bond donors (Lipinski definition) is 1. The van der Waals surface area contributed by atoms with E-state index >= 15 is 0 Å². The molecule has 0 radical (unpaired) electrons. The van der Waals surface area contributed by atoms with Gasteiger partial charge >= 0.3 is 0 Å². The topological polar surface area (TPSA) is 55.0 Å². The van der Waals surface area contributed by atoms with Crippen molar-refractivity contribution in [2.45, 2.75) is 13.0 Å². The minimum atomic E-state index is -0.147. The molecule has 1 aliphatic rings. The largest absolute Gasteiger partial charge is 0.376 e. The third-order valence-corrected chi connectivity index (χ3v) is 3.94. The average Bonchev–Trinajstić information content (AvgIpc) is 2.41. The summed E-state index contributed by atoms with van der Waals surface area (Å²) >= 11 is 9.43. The zero-order valence-electron chi connectivity index (χ0n) is 9.87. The van der Waals surface area contributed by atoms with Gasteiger partial charge in [-0.2, -0.15) is 0 Å². The fraction of sp³-hybridized carbons (Fsp3) is 0.231. The molecule has 0 spiro atoms. The molecule has 98 valence electrons. The van der Waals surface area contributed by atoms with Gasteiger partial charge in [0.1, 0.15) is 5.82 Å². The van der Waals surface area contributed by atoms with Gasteiger partial charge in [0.25, 0.3) is 5.56 Å². The van der Waals surface area contributed by atoms with E-state index in [2.05, 4.69) is 25.9 Å². The van der Waals surface area contributed by atoms with Gasteiger partial charge < -0.3 is 9.72 Å². The van der Waals surface area contributed by atoms with Gasteiger partial charge in [-0.15, -0.1) is 0 Å². The first-order valence-corrected chi connectivity index (χ1v) is 6.97. The SMILES string of the molecule is O=c1[nH]c(-c2cc(Cl)ccc2Br)nc2c1COCC2. The molecule has 0 atom stereocenters. The zero-order chi connectivity index (χ0) is 13.4. The number of rotatable bonds is 1. The third-order valence-electron chi connectivity index (χ3n) is 3.01. The van der Waals surface area contributed by atoms with Gasteiger partial charge in [0.15, 0.2) is 0 Å². The van der Waals surface area contributed by atoms with Crippen LogP contribution in [0.4, 0.5) is 0 Å². The van der Waals surface area contributed by atoms with Crippen LogP contribution in [0.5, 0.6) is 0 Å². The second-order valence-electron chi connectivity index (χ2n) is 4.27. The van der Waals surface area contributed by atoms with Crippen LogP contribution in [0.1, 0.15) is 11.3 Å². The van der Waals surface area contributed by atoms with Crippen molar-refractivity contribution in [3.8, 4) is 11.4 Å². The molecule has 1 aromatic heterocycles. The lowest BCUT2D eigenvalue weighted by molar-refractivity contribution is 0.108. The lowest BCUT2D eigenvalue weighted by atomic mass is 10.1. The maximum Gasteiger partial charge on any atom is 0.256 e. The fourth-order valence-corrected chi connectivity index (χ4v) is 2.66. The normalized spacial score (nSPS) is 14.2. The summed E-state index contributed by atoms with van der Waals surface area (Å²) in [5.74, 6) is 0.528. The van der Waals surface area contributed by atoms with E-state index in [1.807, 2.05) is 6.07 Å². The molecule has 0 unspecified atom stereocenters. The summed E-state index contributed by atoms with van der Waals surface area (Å²) in [5, 5.41) is 0.599. The molecule has 1 N–H and O–H groups in total. The summed E-state index contributed by atoms with van der Waals surface area (Å²) in [6.45, 7) is 0.925. The molecule has 3 rings (SSSR count). The van der Waals surface area contributed by atoms with Gasteiger partial charge in [-0.1, -0.05) is 27.5 Å². The molecule has 0 aliphatic carbocycles. The monoisotopic (exact) mass is 340 g/mol. The van der Waals surface area contributed by atoms with Crippen molar-refractivity contribution >= 4 is 27.5 Å². The molecule has 1 aromatic carbocycles. The molecule has 19 heavy (non-hydrogen) atoms. The van der Waals surface area contributed by atoms with Crippen LogP contribution >= 0.6 is 27.5 Å². The Morgan fingerprint density at radius 1 is 1.42 bits per heavy atom. The van der Waals surface area contributed by atoms with Crippen LogP contribution in [0.2, 0.25) is 5.02 Å². The van der Waals surface area contributed by atoms with Gasteiger partial charge in [-0.05, 0) is 18.2 Å². The van der Waals surface area contributed by atoms with Crippen molar-refractivity contribution < 1.29 is 4.74 Å². The number of H-pyrrole nitrogens is 1. The highest BCUT2D eigenvalue weighted by atomic mass is 79.9. The number of aromatic amines is 1. The predicted octanol–water partition coefficient (Wildman–Crippen LogP) is 2.93. The van der Waals surface area contributed by atoms with E-state index in [4.69, 9.17) is 16.3 Å². The van der Waals surface area contributed by atoms with Crippen LogP contribution in [0.3, 0.4) is 0 Å². The fourth-order valence-electron chi connectivity index (χ4n) is 2.05. The maximum atomic E-state index is 12.0. The Bertz CT molecular complexity index is 700. The minimum Gasteiger partial charge on any atom is -0.376 e. The van der Waals surface area contributed by atoms with Crippen molar-refractivity contribution in [3.05, 3.63) is 49.3 Å². The molecule has 6 heteroatoms. The molecule has 0 saturated carbocycles. The van der Waals surface area contributed by atoms with Gasteiger partial charge in [-0.3, -0.25) is 4.79 Å². The quantitative estimate of drug-likeness (QED) is 0.867. The Morgan fingerprint density at radius 2 is 2.26 bits per heavy atom. The number of ether oxygens (including phenoxy) is 1. The van der Waals surface area contributed by atoms with E-state index in [0.717, 1.165) is 15.7 Å². The summed E-state index contributed by atoms with van der Waals surface area (Å²) in [6.07, 6.45) is 0.657. The van der Waals surface area contributed by atoms with Crippen molar-refractivity contribution in [2.24, 2.45) is 0 Å². The molecule has 2 heterocycles. The van der Waals surface area contributed by atoms with E-state index < -0.39 is 0 Å². The van der Waals surface area contributed by atoms with E-state index in [-0.39, 0.29) is 5.56 Å². The van der Waals surface area contributed by atoms with Crippen LogP contribution in [-0.4, -0.2) is 16.6 Å². The molecule has 2 aromatic rings. The van der Waals surface area contributed by atoms with Gasteiger partial charge in [-0.25, -0.2) is 4.98 Å². The van der Waals surface area contributed by atoms with Crippen LogP contribution in [0.15, 0.2) is 27.5 Å². The number of fused-ring (bicyclic) bond motifs is 1. The average molecular weight is 342 g/mol. The summed E-state index contributed by atoms with van der Waals surface area (Å²) in [4.78, 5) is 19.3. The summed E-state index contributed by atoms with van der Waals surface area (Å²) in [6, 6.07) is 5.38. The highest BCUT2D eigenvalue weighted by molar-refractivity contribution is 9.10. The van der Waals surface area contributed by atoms with E-state index in [0.29, 0.717) is 36.0 Å². The second-order valence-corrected chi connectivity index (χ2v) is 5.56. The number of nitrogens with zero attached hydrogens (tertiary/aromatic N) is 1. The first-order chi connectivity index (χ1) is 9.15. The second kappa shape index (κ2) is 5.07. The number of hydrogen-bond acceptors (Lipinski definition) is 3. The molecular weight excluding hydrogens is 332 g/mol. The molecule has 0 saturated heterocycles. The van der Waals surface area contributed by atoms with Crippen molar-refractivity contribution in [2.75, 3.05) is 6.61 Å². The van der Waals surface area contributed by atoms with E-state index in [1.165, 1.54) is 0 Å². The molecule has 4 nitrogen and oxygen atoms in total. The van der Waals surface area contributed by atoms with Crippen molar-refractivity contribution in [1.29, 1.82) is 0 Å². The van der Waals surface area contributed by atoms with Crippen LogP contribution < -0.4 is 5.56 Å². The van der Waals surface area contributed by atoms with Crippen LogP contribution in [0, 0.1) is 0 Å². The maximum absolute atomic E-state index is 12.0. The van der Waals surface area contributed by atoms with Gasteiger partial charge in [0, 0.05) is 21.5 Å². The Labute approximate surface area is 122 Å². The Kier molecular flexibility index (Phi) is 3.43. The molecular formula is C13H10BrClN2O2. The third kappa shape index (κ3) is 2.45. The highest BCUT2D eigenvalue weighted by Gasteiger charge is 2.17. The molecule has 1 aliphatic heterocycles. The molecule has 0 fully saturated rings. The number of nitrogens with one attached hydrogen (secondary N) is 1. The van der Waals surface area contributed by atoms with Crippen molar-refractivity contribution in [3.63, 3.8) is 0 Å². The lowest BCUT2D eigenvalue weighted by Gasteiger charge is -2.15. The highest BCUT2D eigenvalue weighted by Crippen LogP contribution is 2.28. The minimum absolute atomic E-state index is 0.147. The standard InChI is InChI=1S/C13H10BrClN2O2/c14-10-2-1-7(15)5-8(10)12-16-11-3-4-19-6-9(11)13(18)17-12/h1-2,5H,3-4,6H2,(H,16,17,18). The lowest BCUT2D eigenvalue weighted by Crippen LogP contribution is -2.24. The summed E-state index contributed by atoms with van der Waals surface area (Å²) in [7, 11) is 0. The molecule has 0 bridgehead atoms. The summed E-state index contributed by atoms with van der Waals surface area (Å²) in [5.41, 5.74) is 2.05. The number of halogens is 2. The van der Waals surface area contributed by atoms with Crippen LogP contribution in [0.25, 0.3) is 11.4 Å². The smallest absolute Gasteiger partial charge is 0.256 e.